The molecule has 3 heterocycles. The van der Waals surface area contributed by atoms with Crippen molar-refractivity contribution >= 4 is 53.3 Å². The number of hydrogen-bond donors (Lipinski definition) is 0. The van der Waals surface area contributed by atoms with Crippen molar-refractivity contribution in [3.8, 4) is 51.0 Å². The third-order valence-corrected chi connectivity index (χ3v) is 11.1. The maximum atomic E-state index is 13.8. The lowest BCUT2D eigenvalue weighted by atomic mass is 9.98. The molecule has 0 fully saturated rings. The first kappa shape index (κ1) is 32.0. The minimum atomic E-state index is -4.46. The fraction of sp³-hybridized carbons (Fsp3) is 0.0217. The van der Waals surface area contributed by atoms with Gasteiger partial charge in [-0.25, -0.2) is 15.0 Å². The van der Waals surface area contributed by atoms with Crippen LogP contribution in [-0.2, 0) is 6.18 Å². The maximum absolute atomic E-state index is 13.8. The fourth-order valence-corrected chi connectivity index (χ4v) is 8.63. The second-order valence-corrected chi connectivity index (χ2v) is 14.2. The number of alkyl halides is 3. The van der Waals surface area contributed by atoms with Gasteiger partial charge in [0.05, 0.1) is 22.3 Å². The van der Waals surface area contributed by atoms with Crippen molar-refractivity contribution in [2.75, 3.05) is 0 Å². The Morgan fingerprint density at radius 1 is 0.463 bits per heavy atom. The highest BCUT2D eigenvalue weighted by molar-refractivity contribution is 7.26. The van der Waals surface area contributed by atoms with Crippen LogP contribution in [0.15, 0.2) is 164 Å². The zero-order valence-corrected chi connectivity index (χ0v) is 29.2. The molecule has 0 unspecified atom stereocenters. The number of thiophene rings is 1. The summed E-state index contributed by atoms with van der Waals surface area (Å²) in [6.07, 6.45) is -4.46. The Bertz CT molecular complexity index is 2970. The van der Waals surface area contributed by atoms with Crippen molar-refractivity contribution in [3.63, 3.8) is 0 Å². The molecule has 0 N–H and O–H groups in total. The molecule has 0 atom stereocenters. The lowest BCUT2D eigenvalue weighted by Gasteiger charge is -2.17. The zero-order valence-electron chi connectivity index (χ0n) is 28.4. The number of aromatic nitrogens is 4. The SMILES string of the molecule is FC(F)(F)c1ccc(-c2cc(-c3nc(-c4ccccc4)nc(-c4ccccc4)n3)ccc2-n2c3ccccc3c3c4sc5ccccc5c4ccc32)cc1. The summed E-state index contributed by atoms with van der Waals surface area (Å²) in [5.74, 6) is 1.50. The van der Waals surface area contributed by atoms with E-state index < -0.39 is 11.7 Å². The lowest BCUT2D eigenvalue weighted by Crippen LogP contribution is -2.04. The summed E-state index contributed by atoms with van der Waals surface area (Å²) in [4.78, 5) is 14.8. The number of halogens is 3. The van der Waals surface area contributed by atoms with Crippen LogP contribution < -0.4 is 0 Å². The van der Waals surface area contributed by atoms with Crippen LogP contribution in [0.2, 0.25) is 0 Å². The Balaban J connectivity index is 1.24. The average molecular weight is 725 g/mol. The normalized spacial score (nSPS) is 12.0. The van der Waals surface area contributed by atoms with E-state index in [0.717, 1.165) is 56.3 Å². The molecule has 0 aliphatic heterocycles. The van der Waals surface area contributed by atoms with Gasteiger partial charge in [0.15, 0.2) is 17.5 Å². The standard InChI is InChI=1S/C46H27F3N4S/c47-46(48,49)32-22-19-28(20-23-32)36-27-31(45-51-43(29-11-3-1-4-12-29)50-44(52-45)30-13-5-2-6-14-30)21-25-38(36)53-37-17-9-7-16-35(37)41-39(53)26-24-34-33-15-8-10-18-40(33)54-42(34)41/h1-27H. The number of para-hydroxylation sites is 1. The van der Waals surface area contributed by atoms with Gasteiger partial charge in [-0.2, -0.15) is 13.2 Å². The highest BCUT2D eigenvalue weighted by atomic mass is 32.1. The van der Waals surface area contributed by atoms with E-state index in [1.54, 1.807) is 23.5 Å². The Morgan fingerprint density at radius 2 is 1.04 bits per heavy atom. The van der Waals surface area contributed by atoms with Crippen molar-refractivity contribution in [2.24, 2.45) is 0 Å². The summed E-state index contributed by atoms with van der Waals surface area (Å²) in [5, 5.41) is 4.66. The molecule has 0 amide bonds. The summed E-state index contributed by atoms with van der Waals surface area (Å²) in [6, 6.07) is 51.9. The molecule has 258 valence electrons. The van der Waals surface area contributed by atoms with E-state index in [2.05, 4.69) is 53.1 Å². The molecule has 0 spiro atoms. The van der Waals surface area contributed by atoms with Gasteiger partial charge in [-0.15, -0.1) is 11.3 Å². The van der Waals surface area contributed by atoms with Crippen molar-refractivity contribution in [2.45, 2.75) is 6.18 Å². The largest absolute Gasteiger partial charge is 0.416 e. The molecule has 0 aliphatic carbocycles. The van der Waals surface area contributed by atoms with Crippen LogP contribution in [0.3, 0.4) is 0 Å². The molecule has 3 aromatic heterocycles. The molecule has 10 rings (SSSR count). The predicted octanol–water partition coefficient (Wildman–Crippen LogP) is 13.0. The topological polar surface area (TPSA) is 43.6 Å². The van der Waals surface area contributed by atoms with Gasteiger partial charge in [0.2, 0.25) is 0 Å². The van der Waals surface area contributed by atoms with Gasteiger partial charge in [-0.3, -0.25) is 0 Å². The second kappa shape index (κ2) is 12.5. The van der Waals surface area contributed by atoms with E-state index in [9.17, 15) is 13.2 Å². The Hall–Kier alpha value is -6.64. The van der Waals surface area contributed by atoms with E-state index in [-0.39, 0.29) is 0 Å². The van der Waals surface area contributed by atoms with Crippen molar-refractivity contribution < 1.29 is 13.2 Å². The highest BCUT2D eigenvalue weighted by Gasteiger charge is 2.30. The van der Waals surface area contributed by atoms with Gasteiger partial charge in [0.1, 0.15) is 0 Å². The number of rotatable bonds is 5. The Labute approximate surface area is 311 Å². The predicted molar refractivity (Wildman–Crippen MR) is 214 cm³/mol. The first-order valence-corrected chi connectivity index (χ1v) is 18.3. The van der Waals surface area contributed by atoms with Crippen LogP contribution in [-0.4, -0.2) is 19.5 Å². The Morgan fingerprint density at radius 3 is 1.70 bits per heavy atom. The summed E-state index contributed by atoms with van der Waals surface area (Å²) < 4.78 is 46.0. The molecule has 0 radical (unpaired) electrons. The van der Waals surface area contributed by atoms with Crippen LogP contribution in [0.25, 0.3) is 93.0 Å². The molecule has 4 nitrogen and oxygen atoms in total. The number of fused-ring (bicyclic) bond motifs is 7. The van der Waals surface area contributed by atoms with Crippen LogP contribution in [0.4, 0.5) is 13.2 Å². The third-order valence-electron chi connectivity index (χ3n) is 9.90. The smallest absolute Gasteiger partial charge is 0.309 e. The van der Waals surface area contributed by atoms with Gasteiger partial charge in [-0.05, 0) is 54.1 Å². The van der Waals surface area contributed by atoms with E-state index in [1.807, 2.05) is 91.0 Å². The minimum Gasteiger partial charge on any atom is -0.309 e. The monoisotopic (exact) mass is 724 g/mol. The van der Waals surface area contributed by atoms with Crippen molar-refractivity contribution in [3.05, 3.63) is 169 Å². The highest BCUT2D eigenvalue weighted by Crippen LogP contribution is 2.45. The molecule has 0 saturated carbocycles. The molecular weight excluding hydrogens is 698 g/mol. The summed E-state index contributed by atoms with van der Waals surface area (Å²) in [7, 11) is 0. The quantitative estimate of drug-likeness (QED) is 0.177. The van der Waals surface area contributed by atoms with E-state index in [4.69, 9.17) is 15.0 Å². The van der Waals surface area contributed by atoms with Gasteiger partial charge in [-0.1, -0.05) is 115 Å². The molecule has 10 aromatic rings. The number of nitrogens with zero attached hydrogens (tertiary/aromatic N) is 4. The lowest BCUT2D eigenvalue weighted by molar-refractivity contribution is -0.137. The van der Waals surface area contributed by atoms with Gasteiger partial charge < -0.3 is 4.57 Å². The van der Waals surface area contributed by atoms with Crippen molar-refractivity contribution in [1.29, 1.82) is 0 Å². The first-order valence-electron chi connectivity index (χ1n) is 17.4. The molecule has 8 heteroatoms. The van der Waals surface area contributed by atoms with Crippen LogP contribution in [0.1, 0.15) is 5.56 Å². The van der Waals surface area contributed by atoms with E-state index in [1.165, 1.54) is 20.2 Å². The van der Waals surface area contributed by atoms with Gasteiger partial charge in [0, 0.05) is 53.2 Å². The van der Waals surface area contributed by atoms with E-state index >= 15 is 0 Å². The van der Waals surface area contributed by atoms with Crippen LogP contribution in [0.5, 0.6) is 0 Å². The molecule has 0 aliphatic rings. The van der Waals surface area contributed by atoms with E-state index in [0.29, 0.717) is 28.6 Å². The number of hydrogen-bond acceptors (Lipinski definition) is 4. The first-order chi connectivity index (χ1) is 26.4. The van der Waals surface area contributed by atoms with Crippen LogP contribution >= 0.6 is 11.3 Å². The molecule has 54 heavy (non-hydrogen) atoms. The average Bonchev–Trinajstić information content (AvgIpc) is 3.77. The maximum Gasteiger partial charge on any atom is 0.416 e. The molecule has 0 saturated heterocycles. The zero-order chi connectivity index (χ0) is 36.4. The molecular formula is C46H27F3N4S. The Kier molecular flexibility index (Phi) is 7.42. The fourth-order valence-electron chi connectivity index (χ4n) is 7.37. The van der Waals surface area contributed by atoms with Crippen molar-refractivity contribution in [1.82, 2.24) is 19.5 Å². The second-order valence-electron chi connectivity index (χ2n) is 13.1. The van der Waals surface area contributed by atoms with Crippen LogP contribution in [0, 0.1) is 0 Å². The third kappa shape index (κ3) is 5.33. The summed E-state index contributed by atoms with van der Waals surface area (Å²) in [6.45, 7) is 0. The molecule has 0 bridgehead atoms. The minimum absolute atomic E-state index is 0.455. The summed E-state index contributed by atoms with van der Waals surface area (Å²) in [5.41, 5.74) is 5.89. The van der Waals surface area contributed by atoms with Gasteiger partial charge >= 0.3 is 6.18 Å². The van der Waals surface area contributed by atoms with Gasteiger partial charge in [0.25, 0.3) is 0 Å². The number of benzene rings is 7. The summed E-state index contributed by atoms with van der Waals surface area (Å²) >= 11 is 1.78. The molecule has 7 aromatic carbocycles.